The number of carbonyl (C=O) groups excluding carboxylic acids is 2. The summed E-state index contributed by atoms with van der Waals surface area (Å²) < 4.78 is 10.7. The van der Waals surface area contributed by atoms with Crippen LogP contribution in [0.3, 0.4) is 0 Å². The van der Waals surface area contributed by atoms with Crippen LogP contribution in [0.15, 0.2) is 48.5 Å². The quantitative estimate of drug-likeness (QED) is 0.508. The molecule has 0 aromatic heterocycles. The van der Waals surface area contributed by atoms with Gasteiger partial charge in [-0.15, -0.1) is 0 Å². The maximum Gasteiger partial charge on any atom is 0.407 e. The number of fused-ring (bicyclic) bond motifs is 3. The van der Waals surface area contributed by atoms with Crippen LogP contribution in [0, 0.1) is 5.92 Å². The fraction of sp³-hybridized carbons (Fsp3) is 0.400. The molecule has 3 N–H and O–H groups in total. The molecule has 0 spiro atoms. The van der Waals surface area contributed by atoms with E-state index in [1.165, 1.54) is 7.11 Å². The lowest BCUT2D eigenvalue weighted by Crippen LogP contribution is -2.49. The number of benzene rings is 2. The lowest BCUT2D eigenvalue weighted by molar-refractivity contribution is -0.145. The molecule has 8 heteroatoms. The zero-order valence-electron chi connectivity index (χ0n) is 19.0. The normalized spacial score (nSPS) is 14.2. The molecule has 33 heavy (non-hydrogen) atoms. The second-order valence-electron chi connectivity index (χ2n) is 8.33. The molecule has 3 rings (SSSR count). The van der Waals surface area contributed by atoms with Gasteiger partial charge in [0.15, 0.2) is 0 Å². The van der Waals surface area contributed by atoms with Gasteiger partial charge in [0.05, 0.1) is 0 Å². The molecule has 2 aromatic carbocycles. The van der Waals surface area contributed by atoms with Crippen molar-refractivity contribution in [3.8, 4) is 11.1 Å². The van der Waals surface area contributed by atoms with E-state index in [2.05, 4.69) is 22.8 Å². The molecule has 8 nitrogen and oxygen atoms in total. The standard InChI is InChI=1S/C25H30N2O6/c1-15(2)22(24(29)30)27-23(28)21(32-3)12-13-26-25(31)33-14-20-18-10-6-4-8-16(18)17-9-5-7-11-19(17)20/h4-11,15,20-22H,12-14H2,1-3H3,(H,26,31)(H,27,28)(H,29,30)/t21?,22-/m0/s1. The zero-order chi connectivity index (χ0) is 24.0. The molecule has 0 bridgehead atoms. The summed E-state index contributed by atoms with van der Waals surface area (Å²) in [6.07, 6.45) is -1.30. The Labute approximate surface area is 193 Å². The third-order valence-electron chi connectivity index (χ3n) is 5.83. The van der Waals surface area contributed by atoms with E-state index < -0.39 is 30.1 Å². The zero-order valence-corrected chi connectivity index (χ0v) is 19.0. The second-order valence-corrected chi connectivity index (χ2v) is 8.33. The Hall–Kier alpha value is -3.39. The van der Waals surface area contributed by atoms with Gasteiger partial charge < -0.3 is 25.2 Å². The fourth-order valence-electron chi connectivity index (χ4n) is 4.07. The van der Waals surface area contributed by atoms with Gasteiger partial charge in [-0.2, -0.15) is 0 Å². The summed E-state index contributed by atoms with van der Waals surface area (Å²) in [7, 11) is 1.36. The molecule has 0 saturated carbocycles. The molecule has 0 saturated heterocycles. The Morgan fingerprint density at radius 1 is 1.00 bits per heavy atom. The summed E-state index contributed by atoms with van der Waals surface area (Å²) in [5, 5.41) is 14.4. The highest BCUT2D eigenvalue weighted by Crippen LogP contribution is 2.44. The monoisotopic (exact) mass is 454 g/mol. The van der Waals surface area contributed by atoms with Crippen molar-refractivity contribution in [1.29, 1.82) is 0 Å². The maximum atomic E-state index is 12.4. The molecule has 2 aromatic rings. The Bertz CT molecular complexity index is 960. The number of nitrogens with one attached hydrogen (secondary N) is 2. The smallest absolute Gasteiger partial charge is 0.407 e. The third-order valence-corrected chi connectivity index (χ3v) is 5.83. The van der Waals surface area contributed by atoms with Crippen LogP contribution in [0.1, 0.15) is 37.3 Å². The molecule has 2 atom stereocenters. The van der Waals surface area contributed by atoms with Crippen LogP contribution >= 0.6 is 0 Å². The summed E-state index contributed by atoms with van der Waals surface area (Å²) in [5.74, 6) is -1.95. The summed E-state index contributed by atoms with van der Waals surface area (Å²) >= 11 is 0. The van der Waals surface area contributed by atoms with Crippen LogP contribution in [-0.4, -0.2) is 55.5 Å². The number of methoxy groups -OCH3 is 1. The van der Waals surface area contributed by atoms with Gasteiger partial charge >= 0.3 is 12.1 Å². The predicted octanol–water partition coefficient (Wildman–Crippen LogP) is 3.16. The minimum absolute atomic E-state index is 0.0374. The number of alkyl carbamates (subject to hydrolysis) is 1. The van der Waals surface area contributed by atoms with Crippen LogP contribution in [0.4, 0.5) is 4.79 Å². The number of carboxylic acids is 1. The Morgan fingerprint density at radius 3 is 2.09 bits per heavy atom. The van der Waals surface area contributed by atoms with Gasteiger partial charge in [0.25, 0.3) is 0 Å². The van der Waals surface area contributed by atoms with Crippen molar-refractivity contribution in [2.75, 3.05) is 20.3 Å². The van der Waals surface area contributed by atoms with E-state index >= 15 is 0 Å². The van der Waals surface area contributed by atoms with Crippen molar-refractivity contribution in [3.05, 3.63) is 59.7 Å². The maximum absolute atomic E-state index is 12.4. The molecular weight excluding hydrogens is 424 g/mol. The van der Waals surface area contributed by atoms with Crippen molar-refractivity contribution in [1.82, 2.24) is 10.6 Å². The van der Waals surface area contributed by atoms with E-state index in [0.717, 1.165) is 22.3 Å². The first-order valence-corrected chi connectivity index (χ1v) is 11.0. The number of ether oxygens (including phenoxy) is 2. The van der Waals surface area contributed by atoms with E-state index in [0.29, 0.717) is 0 Å². The van der Waals surface area contributed by atoms with Gasteiger partial charge in [0.1, 0.15) is 18.8 Å². The summed E-state index contributed by atoms with van der Waals surface area (Å²) in [5.41, 5.74) is 4.55. The highest BCUT2D eigenvalue weighted by molar-refractivity contribution is 5.86. The van der Waals surface area contributed by atoms with Crippen molar-refractivity contribution >= 4 is 18.0 Å². The van der Waals surface area contributed by atoms with Crippen molar-refractivity contribution < 1.29 is 29.0 Å². The van der Waals surface area contributed by atoms with E-state index in [-0.39, 0.29) is 31.4 Å². The molecular formula is C25H30N2O6. The minimum Gasteiger partial charge on any atom is -0.480 e. The van der Waals surface area contributed by atoms with E-state index in [1.807, 2.05) is 36.4 Å². The van der Waals surface area contributed by atoms with Gasteiger partial charge in [-0.3, -0.25) is 4.79 Å². The Balaban J connectivity index is 1.50. The number of aliphatic carboxylic acids is 1. The number of hydrogen-bond acceptors (Lipinski definition) is 5. The second kappa shape index (κ2) is 11.0. The minimum atomic E-state index is -1.11. The van der Waals surface area contributed by atoms with Crippen LogP contribution in [0.5, 0.6) is 0 Å². The molecule has 1 unspecified atom stereocenters. The number of carboxylic acid groups (broad SMARTS) is 1. The van der Waals surface area contributed by atoms with Crippen LogP contribution in [-0.2, 0) is 19.1 Å². The van der Waals surface area contributed by atoms with Gasteiger partial charge in [-0.1, -0.05) is 62.4 Å². The molecule has 0 fully saturated rings. The Morgan fingerprint density at radius 2 is 1.58 bits per heavy atom. The number of carbonyl (C=O) groups is 3. The number of rotatable bonds is 10. The van der Waals surface area contributed by atoms with Crippen molar-refractivity contribution in [3.63, 3.8) is 0 Å². The molecule has 1 aliphatic carbocycles. The molecule has 176 valence electrons. The predicted molar refractivity (Wildman–Crippen MR) is 123 cm³/mol. The summed E-state index contributed by atoms with van der Waals surface area (Å²) in [6.45, 7) is 3.75. The highest BCUT2D eigenvalue weighted by Gasteiger charge is 2.29. The molecule has 1 aliphatic rings. The Kier molecular flexibility index (Phi) is 8.06. The first kappa shape index (κ1) is 24.3. The lowest BCUT2D eigenvalue weighted by atomic mass is 9.98. The number of amides is 2. The van der Waals surface area contributed by atoms with Gasteiger partial charge in [0, 0.05) is 26.0 Å². The lowest BCUT2D eigenvalue weighted by Gasteiger charge is -2.21. The molecule has 2 amide bonds. The van der Waals surface area contributed by atoms with E-state index in [1.54, 1.807) is 13.8 Å². The average Bonchev–Trinajstić information content (AvgIpc) is 3.12. The van der Waals surface area contributed by atoms with Crippen molar-refractivity contribution in [2.45, 2.75) is 38.3 Å². The summed E-state index contributed by atoms with van der Waals surface area (Å²) in [4.78, 5) is 35.9. The number of hydrogen-bond donors (Lipinski definition) is 3. The van der Waals surface area contributed by atoms with E-state index in [4.69, 9.17) is 9.47 Å². The van der Waals surface area contributed by atoms with Crippen molar-refractivity contribution in [2.24, 2.45) is 5.92 Å². The highest BCUT2D eigenvalue weighted by atomic mass is 16.5. The van der Waals surface area contributed by atoms with Crippen LogP contribution in [0.25, 0.3) is 11.1 Å². The van der Waals surface area contributed by atoms with E-state index in [9.17, 15) is 19.5 Å². The third kappa shape index (κ3) is 5.70. The molecule has 0 heterocycles. The van der Waals surface area contributed by atoms with Crippen LogP contribution < -0.4 is 10.6 Å². The topological polar surface area (TPSA) is 114 Å². The first-order valence-electron chi connectivity index (χ1n) is 11.0. The summed E-state index contributed by atoms with van der Waals surface area (Å²) in [6, 6.07) is 15.2. The van der Waals surface area contributed by atoms with Crippen LogP contribution in [0.2, 0.25) is 0 Å². The van der Waals surface area contributed by atoms with Gasteiger partial charge in [0.2, 0.25) is 5.91 Å². The SMILES string of the molecule is COC(CCNC(=O)OCC1c2ccccc2-c2ccccc21)C(=O)N[C@H](C(=O)O)C(C)C. The fourth-order valence-corrected chi connectivity index (χ4v) is 4.07. The average molecular weight is 455 g/mol. The van der Waals surface area contributed by atoms with Gasteiger partial charge in [-0.05, 0) is 28.2 Å². The van der Waals surface area contributed by atoms with Gasteiger partial charge in [-0.25, -0.2) is 9.59 Å². The first-order chi connectivity index (χ1) is 15.8. The largest absolute Gasteiger partial charge is 0.480 e. The molecule has 0 aliphatic heterocycles. The molecule has 0 radical (unpaired) electrons.